The summed E-state index contributed by atoms with van der Waals surface area (Å²) in [5.74, 6) is -1.98. The third-order valence-electron chi connectivity index (χ3n) is 23.4. The predicted octanol–water partition coefficient (Wildman–Crippen LogP) is 12.7. The molecule has 736 valence electrons. The van der Waals surface area contributed by atoms with Gasteiger partial charge in [-0.05, 0) is 205 Å². The van der Waals surface area contributed by atoms with Gasteiger partial charge in [0.15, 0.2) is 30.4 Å². The summed E-state index contributed by atoms with van der Waals surface area (Å²) in [4.78, 5) is 157. The van der Waals surface area contributed by atoms with Crippen molar-refractivity contribution in [3.63, 3.8) is 0 Å². The number of fused-ring (bicyclic) bond motifs is 4. The quantitative estimate of drug-likeness (QED) is 0.0114. The topological polar surface area (TPSA) is 424 Å². The third kappa shape index (κ3) is 28.8. The van der Waals surface area contributed by atoms with Crippen LogP contribution in [0, 0.1) is 0 Å². The van der Waals surface area contributed by atoms with Gasteiger partial charge in [0.2, 0.25) is 29.8 Å². The molecule has 7 aliphatic heterocycles. The lowest BCUT2D eigenvalue weighted by Gasteiger charge is -2.33. The van der Waals surface area contributed by atoms with Crippen molar-refractivity contribution in [2.24, 2.45) is 20.7 Å². The molecule has 0 saturated carbocycles. The van der Waals surface area contributed by atoms with Crippen molar-refractivity contribution in [2.75, 3.05) is 59.1 Å². The average molecular weight is 1910 g/mol. The molecule has 0 aromatic heterocycles. The van der Waals surface area contributed by atoms with E-state index in [1.807, 2.05) is 229 Å². The summed E-state index contributed by atoms with van der Waals surface area (Å²) in [6.45, 7) is 24.8. The van der Waals surface area contributed by atoms with Crippen LogP contribution >= 0.6 is 0 Å². The molecule has 139 heavy (non-hydrogen) atoms. The van der Waals surface area contributed by atoms with Gasteiger partial charge >= 0.3 is 36.2 Å². The number of aliphatic carboxylic acids is 1. The summed E-state index contributed by atoms with van der Waals surface area (Å²) in [5.41, 5.74) is 14.3. The van der Waals surface area contributed by atoms with E-state index < -0.39 is 77.0 Å². The van der Waals surface area contributed by atoms with E-state index >= 15 is 0 Å². The van der Waals surface area contributed by atoms with E-state index in [0.29, 0.717) is 157 Å². The fourth-order valence-corrected chi connectivity index (χ4v) is 16.4. The van der Waals surface area contributed by atoms with Gasteiger partial charge in [-0.15, -0.1) is 5.06 Å². The normalized spacial score (nSPS) is 16.6. The maximum atomic E-state index is 14.0. The number of benzene rings is 8. The highest BCUT2D eigenvalue weighted by molar-refractivity contribution is 6.20. The Morgan fingerprint density at radius 1 is 0.388 bits per heavy atom. The van der Waals surface area contributed by atoms with Crippen molar-refractivity contribution in [2.45, 2.75) is 219 Å². The number of carboxylic acids is 1. The number of guanidine groups is 3. The van der Waals surface area contributed by atoms with Crippen molar-refractivity contribution in [1.82, 2.24) is 45.1 Å². The number of likely N-dealkylation sites (tertiary alicyclic amines) is 3. The fraction of sp³-hybridized carbons (Fsp3) is 0.413. The third-order valence-corrected chi connectivity index (χ3v) is 23.4. The highest BCUT2D eigenvalue weighted by Gasteiger charge is 2.42. The molecular weight excluding hydrogens is 1780 g/mol. The molecule has 35 heteroatoms. The van der Waals surface area contributed by atoms with E-state index in [2.05, 4.69) is 10.6 Å². The number of rotatable bonds is 23. The Morgan fingerprint density at radius 3 is 1.03 bits per heavy atom. The Kier molecular flexibility index (Phi) is 33.8. The summed E-state index contributed by atoms with van der Waals surface area (Å²) >= 11 is 0. The first-order valence-corrected chi connectivity index (χ1v) is 46.6. The Bertz CT molecular complexity index is 5650. The number of aliphatic hydroxyl groups excluding tert-OH is 2. The predicted molar refractivity (Wildman–Crippen MR) is 513 cm³/mol. The van der Waals surface area contributed by atoms with Gasteiger partial charge in [-0.1, -0.05) is 152 Å². The summed E-state index contributed by atoms with van der Waals surface area (Å²) in [5, 5.41) is 35.2. The fourth-order valence-electron chi connectivity index (χ4n) is 16.4. The van der Waals surface area contributed by atoms with Crippen molar-refractivity contribution in [1.29, 1.82) is 0 Å². The number of aliphatic hydroxyl groups is 2. The average Bonchev–Trinajstić information content (AvgIpc) is 1.62. The molecule has 0 unspecified atom stereocenters. The molecule has 0 bridgehead atoms. The van der Waals surface area contributed by atoms with Crippen LogP contribution in [-0.2, 0) is 91.8 Å². The molecule has 3 saturated heterocycles. The Hall–Kier alpha value is -14.5. The van der Waals surface area contributed by atoms with E-state index in [1.54, 1.807) is 51.1 Å². The summed E-state index contributed by atoms with van der Waals surface area (Å²) < 4.78 is 45.7. The number of piperidine rings is 3. The first-order chi connectivity index (χ1) is 66.3. The van der Waals surface area contributed by atoms with Gasteiger partial charge in [0, 0.05) is 92.4 Å². The summed E-state index contributed by atoms with van der Waals surface area (Å²) in [6.07, 6.45) is -3.03. The zero-order valence-corrected chi connectivity index (χ0v) is 80.2. The monoisotopic (exact) mass is 1910 g/mol. The molecule has 0 aliphatic carbocycles. The molecule has 8 aromatic carbocycles. The molecule has 35 nitrogen and oxygen atoms in total. The van der Waals surface area contributed by atoms with Gasteiger partial charge < -0.3 is 88.3 Å². The van der Waals surface area contributed by atoms with Crippen molar-refractivity contribution >= 4 is 77.7 Å². The number of hydrogen-bond donors (Lipinski definition) is 6. The van der Waals surface area contributed by atoms with Crippen LogP contribution < -0.4 is 30.6 Å². The van der Waals surface area contributed by atoms with E-state index in [1.165, 1.54) is 26.0 Å². The van der Waals surface area contributed by atoms with Crippen LogP contribution in [0.3, 0.4) is 0 Å². The lowest BCUT2D eigenvalue weighted by molar-refractivity contribution is -0.187. The van der Waals surface area contributed by atoms with Gasteiger partial charge in [0.25, 0.3) is 11.8 Å². The first-order valence-electron chi connectivity index (χ1n) is 46.6. The summed E-state index contributed by atoms with van der Waals surface area (Å²) in [7, 11) is 0. The van der Waals surface area contributed by atoms with Gasteiger partial charge in [-0.2, -0.15) is 0 Å². The number of nitrogens with one attached hydrogen (secondary N) is 2. The molecule has 15 rings (SSSR count). The highest BCUT2D eigenvalue weighted by atomic mass is 16.7. The zero-order valence-electron chi connectivity index (χ0n) is 80.2. The van der Waals surface area contributed by atoms with Crippen molar-refractivity contribution in [3.05, 3.63) is 267 Å². The minimum absolute atomic E-state index is 0.0153. The molecule has 0 spiro atoms. The maximum Gasteiger partial charge on any atom is 0.410 e. The molecule has 7 N–H and O–H groups in total. The number of amides is 7. The van der Waals surface area contributed by atoms with Crippen LogP contribution in [0.5, 0.6) is 17.2 Å². The van der Waals surface area contributed by atoms with Crippen LogP contribution in [0.15, 0.2) is 215 Å². The van der Waals surface area contributed by atoms with Crippen LogP contribution in [-0.4, -0.2) is 240 Å². The SMILES string of the molecule is CC(=O)NC(=NC1CCN(C(=O)OC(C)(C)C)CC1)N1Cc2ccc(OC[C@@H](O)C(=O)O)cc2C1.CC(=O)NC(=NC1CCN(C(=O)OC(C)(C)C)CC1)N1Cc2ccc(OC[C@@H](O)C(=O)OC(c3ccccc3)c3ccccc3)cc2C1.CC(C)(C)OC(=O)N1CCC(N=C(N)N2Cc3ccc(OC[C@H](ON4C(=O)c5ccccc5C4=O)C(=O)OC(c4ccccc4)c4ccccc4)cc3C2)CC1. The number of nitrogens with two attached hydrogens (primary N) is 1. The van der Waals surface area contributed by atoms with Gasteiger partial charge in [-0.3, -0.25) is 29.8 Å². The van der Waals surface area contributed by atoms with E-state index in [9.17, 15) is 58.2 Å². The van der Waals surface area contributed by atoms with Crippen LogP contribution in [0.1, 0.15) is 203 Å². The van der Waals surface area contributed by atoms with Crippen LogP contribution in [0.25, 0.3) is 0 Å². The standard InChI is InChI=1S/C43H45N5O8.C37H44N4O7.C24H34N4O7/c1-43(2,3)55-42(52)46-22-20-32(21-23-46)45-41(44)47-25-30-18-19-33(24-31(30)26-47)53-27-36(56-48-38(49)34-16-10-11-17-35(34)39(48)50)40(51)54-37(28-12-6-4-7-13-28)29-14-8-5-9-15-29;1-25(42)38-35(39-30-17-19-40(20-18-30)36(45)48-37(2,3)4)41-22-28-15-16-31(21-29(28)23-41)46-24-32(43)34(44)47-33(26-11-7-5-8-12-26)27-13-9-6-10-14-27;1-15(29)25-22(26-18-7-9-27(10-8-18)23(33)35-24(2,3)4)28-12-16-5-6-19(11-17(16)13-28)34-14-20(30)21(31)32/h4-19,24,32,36-37H,20-23,25-27H2,1-3H3,(H2,44,45);5-16,21,30,32-33,43H,17-20,22-24H2,1-4H3,(H,38,39,42);5-6,11,18,20,30H,7-10,12-14H2,1-4H3,(H,31,32)(H,25,26,29)/t36-;32-;20-/m011/s1. The van der Waals surface area contributed by atoms with E-state index in [-0.39, 0.29) is 79.2 Å². The van der Waals surface area contributed by atoms with E-state index in [0.717, 1.165) is 55.6 Å². The second kappa shape index (κ2) is 46.1. The number of aliphatic imine (C=N–C) groups is 3. The number of hydroxylamine groups is 2. The number of carbonyl (C=O) groups is 10. The Morgan fingerprint density at radius 2 is 0.691 bits per heavy atom. The van der Waals surface area contributed by atoms with E-state index in [4.69, 9.17) is 68.5 Å². The maximum absolute atomic E-state index is 14.0. The second-order valence-electron chi connectivity index (χ2n) is 37.8. The van der Waals surface area contributed by atoms with Crippen molar-refractivity contribution in [3.8, 4) is 17.2 Å². The lowest BCUT2D eigenvalue weighted by Crippen LogP contribution is -2.45. The molecule has 0 radical (unpaired) electrons. The van der Waals surface area contributed by atoms with Crippen LogP contribution in [0.4, 0.5) is 14.4 Å². The molecule has 3 fully saturated rings. The molecule has 3 atom stereocenters. The van der Waals surface area contributed by atoms with Gasteiger partial charge in [0.05, 0.1) is 29.3 Å². The van der Waals surface area contributed by atoms with Crippen molar-refractivity contribution < 1.29 is 106 Å². The first kappa shape index (κ1) is 102. The molecule has 7 amide bonds. The van der Waals surface area contributed by atoms with Gasteiger partial charge in [0.1, 0.15) is 53.9 Å². The van der Waals surface area contributed by atoms with Gasteiger partial charge in [-0.25, -0.2) is 48.6 Å². The number of imide groups is 1. The number of esters is 2. The molecular formula is C104H123N13O22. The Labute approximate surface area is 808 Å². The highest BCUT2D eigenvalue weighted by Crippen LogP contribution is 2.36. The number of ether oxygens (including phenoxy) is 8. The molecule has 8 aromatic rings. The molecule has 7 heterocycles. The lowest BCUT2D eigenvalue weighted by atomic mass is 10.0. The number of hydrogen-bond acceptors (Lipinski definition) is 24. The number of carbonyl (C=O) groups excluding carboxylic acids is 9. The van der Waals surface area contributed by atoms with Crippen LogP contribution in [0.2, 0.25) is 0 Å². The number of carboxylic acid groups (broad SMARTS) is 1. The largest absolute Gasteiger partial charge is 0.490 e. The second-order valence-corrected chi connectivity index (χ2v) is 37.8. The zero-order chi connectivity index (χ0) is 99.4. The smallest absolute Gasteiger partial charge is 0.410 e. The minimum atomic E-state index is -1.60. The molecule has 7 aliphatic rings. The summed E-state index contributed by atoms with van der Waals surface area (Å²) in [6, 6.07) is 60.1. The Balaban J connectivity index is 0.000000181. The minimum Gasteiger partial charge on any atom is -0.490 e. The number of nitrogens with zero attached hydrogens (tertiary/aromatic N) is 10.